The maximum atomic E-state index is 11.6. The Hall–Kier alpha value is -2.05. The number of carbonyl (C=O) groups is 2. The second-order valence-electron chi connectivity index (χ2n) is 3.56. The number of hydrogen-bond donors (Lipinski definition) is 3. The summed E-state index contributed by atoms with van der Waals surface area (Å²) in [5.41, 5.74) is 0.594. The second-order valence-corrected chi connectivity index (χ2v) is 5.08. The number of nitrogens with one attached hydrogen (secondary N) is 2. The van der Waals surface area contributed by atoms with E-state index in [1.807, 2.05) is 0 Å². The van der Waals surface area contributed by atoms with E-state index >= 15 is 0 Å². The SMILES string of the molecule is O=C(Nc1ccc(Cl)cc1)Nc1ccc(C(=O)O)s1. The number of rotatable bonds is 3. The van der Waals surface area contributed by atoms with Crippen molar-refractivity contribution in [2.24, 2.45) is 0 Å². The number of amides is 2. The fourth-order valence-electron chi connectivity index (χ4n) is 1.33. The predicted molar refractivity (Wildman–Crippen MR) is 75.4 cm³/mol. The number of anilines is 2. The average Bonchev–Trinajstić information content (AvgIpc) is 2.80. The number of urea groups is 1. The third-order valence-electron chi connectivity index (χ3n) is 2.16. The lowest BCUT2D eigenvalue weighted by Gasteiger charge is -2.05. The molecule has 2 amide bonds. The topological polar surface area (TPSA) is 78.4 Å². The number of carboxylic acid groups (broad SMARTS) is 1. The van der Waals surface area contributed by atoms with Crippen LogP contribution < -0.4 is 10.6 Å². The molecule has 0 aliphatic heterocycles. The van der Waals surface area contributed by atoms with Crippen LogP contribution in [0.3, 0.4) is 0 Å². The van der Waals surface area contributed by atoms with Gasteiger partial charge in [0.25, 0.3) is 0 Å². The minimum atomic E-state index is -1.02. The van der Waals surface area contributed by atoms with Crippen LogP contribution in [0.5, 0.6) is 0 Å². The maximum absolute atomic E-state index is 11.6. The minimum Gasteiger partial charge on any atom is -0.477 e. The van der Waals surface area contributed by atoms with Crippen LogP contribution in [0.15, 0.2) is 36.4 Å². The number of aromatic carboxylic acids is 1. The molecular weight excluding hydrogens is 288 g/mol. The third-order valence-corrected chi connectivity index (χ3v) is 3.40. The van der Waals surface area contributed by atoms with Crippen LogP contribution in [0, 0.1) is 0 Å². The molecule has 19 heavy (non-hydrogen) atoms. The smallest absolute Gasteiger partial charge is 0.345 e. The van der Waals surface area contributed by atoms with Gasteiger partial charge < -0.3 is 10.4 Å². The molecule has 2 rings (SSSR count). The lowest BCUT2D eigenvalue weighted by Crippen LogP contribution is -2.18. The lowest BCUT2D eigenvalue weighted by atomic mass is 10.3. The summed E-state index contributed by atoms with van der Waals surface area (Å²) in [5.74, 6) is -1.02. The highest BCUT2D eigenvalue weighted by Crippen LogP contribution is 2.22. The molecule has 1 aromatic heterocycles. The van der Waals surface area contributed by atoms with Gasteiger partial charge in [-0.3, -0.25) is 5.32 Å². The van der Waals surface area contributed by atoms with Crippen molar-refractivity contribution in [1.82, 2.24) is 0 Å². The number of carbonyl (C=O) groups excluding carboxylic acids is 1. The first-order valence-electron chi connectivity index (χ1n) is 5.21. The zero-order valence-corrected chi connectivity index (χ0v) is 11.1. The van der Waals surface area contributed by atoms with E-state index in [2.05, 4.69) is 10.6 Å². The molecule has 0 aliphatic rings. The Morgan fingerprint density at radius 3 is 2.32 bits per heavy atom. The van der Waals surface area contributed by atoms with Crippen molar-refractivity contribution in [3.8, 4) is 0 Å². The largest absolute Gasteiger partial charge is 0.477 e. The molecule has 3 N–H and O–H groups in total. The molecule has 7 heteroatoms. The van der Waals surface area contributed by atoms with Gasteiger partial charge in [0.15, 0.2) is 0 Å². The van der Waals surface area contributed by atoms with Gasteiger partial charge in [-0.25, -0.2) is 9.59 Å². The quantitative estimate of drug-likeness (QED) is 0.807. The molecule has 0 saturated heterocycles. The molecule has 0 unspecified atom stereocenters. The van der Waals surface area contributed by atoms with Gasteiger partial charge in [-0.05, 0) is 36.4 Å². The highest BCUT2D eigenvalue weighted by molar-refractivity contribution is 7.18. The van der Waals surface area contributed by atoms with Gasteiger partial charge in [0, 0.05) is 10.7 Å². The zero-order chi connectivity index (χ0) is 13.8. The molecular formula is C12H9ClN2O3S. The van der Waals surface area contributed by atoms with E-state index in [1.54, 1.807) is 24.3 Å². The molecule has 0 aliphatic carbocycles. The standard InChI is InChI=1S/C12H9ClN2O3S/c13-7-1-3-8(4-2-7)14-12(18)15-10-6-5-9(19-10)11(16)17/h1-6H,(H,16,17)(H2,14,15,18). The molecule has 0 fully saturated rings. The van der Waals surface area contributed by atoms with Crippen LogP contribution in [0.1, 0.15) is 9.67 Å². The van der Waals surface area contributed by atoms with E-state index in [1.165, 1.54) is 12.1 Å². The molecule has 98 valence electrons. The summed E-state index contributed by atoms with van der Waals surface area (Å²) >= 11 is 6.72. The normalized spacial score (nSPS) is 9.95. The molecule has 0 radical (unpaired) electrons. The van der Waals surface area contributed by atoms with Crippen molar-refractivity contribution < 1.29 is 14.7 Å². The van der Waals surface area contributed by atoms with Crippen molar-refractivity contribution in [3.05, 3.63) is 46.3 Å². The lowest BCUT2D eigenvalue weighted by molar-refractivity contribution is 0.0702. The molecule has 1 aromatic carbocycles. The first-order chi connectivity index (χ1) is 9.04. The Labute approximate surface area is 117 Å². The summed E-state index contributed by atoms with van der Waals surface area (Å²) in [4.78, 5) is 22.5. The number of benzene rings is 1. The molecule has 1 heterocycles. The Bertz CT molecular complexity index is 610. The number of halogens is 1. The minimum absolute atomic E-state index is 0.168. The molecule has 0 saturated carbocycles. The zero-order valence-electron chi connectivity index (χ0n) is 9.51. The summed E-state index contributed by atoms with van der Waals surface area (Å²) in [5, 5.41) is 15.0. The first kappa shape index (κ1) is 13.4. The summed E-state index contributed by atoms with van der Waals surface area (Å²) in [7, 11) is 0. The summed E-state index contributed by atoms with van der Waals surface area (Å²) < 4.78 is 0. The highest BCUT2D eigenvalue weighted by Gasteiger charge is 2.09. The van der Waals surface area contributed by atoms with Crippen molar-refractivity contribution >= 4 is 45.6 Å². The second kappa shape index (κ2) is 5.73. The predicted octanol–water partition coefficient (Wildman–Crippen LogP) is 3.74. The van der Waals surface area contributed by atoms with Crippen molar-refractivity contribution in [1.29, 1.82) is 0 Å². The highest BCUT2D eigenvalue weighted by atomic mass is 35.5. The first-order valence-corrected chi connectivity index (χ1v) is 6.41. The van der Waals surface area contributed by atoms with Gasteiger partial charge in [0.05, 0.1) is 5.00 Å². The van der Waals surface area contributed by atoms with Crippen molar-refractivity contribution in [2.45, 2.75) is 0 Å². The van der Waals surface area contributed by atoms with E-state index in [4.69, 9.17) is 16.7 Å². The molecule has 2 aromatic rings. The number of thiophene rings is 1. The fourth-order valence-corrected chi connectivity index (χ4v) is 2.19. The number of carboxylic acids is 1. The van der Waals surface area contributed by atoms with Gasteiger partial charge in [-0.1, -0.05) is 11.6 Å². The van der Waals surface area contributed by atoms with E-state index in [0.717, 1.165) is 11.3 Å². The fraction of sp³-hybridized carbons (Fsp3) is 0. The van der Waals surface area contributed by atoms with Crippen molar-refractivity contribution in [2.75, 3.05) is 10.6 Å². The van der Waals surface area contributed by atoms with Crippen molar-refractivity contribution in [3.63, 3.8) is 0 Å². The van der Waals surface area contributed by atoms with Gasteiger partial charge in [0.2, 0.25) is 0 Å². The van der Waals surface area contributed by atoms with Crippen LogP contribution in [0.2, 0.25) is 5.02 Å². The molecule has 5 nitrogen and oxygen atoms in total. The summed E-state index contributed by atoms with van der Waals surface area (Å²) in [6.45, 7) is 0. The maximum Gasteiger partial charge on any atom is 0.345 e. The van der Waals surface area contributed by atoms with Gasteiger partial charge in [0.1, 0.15) is 4.88 Å². The third kappa shape index (κ3) is 3.70. The summed E-state index contributed by atoms with van der Waals surface area (Å²) in [6, 6.07) is 9.18. The van der Waals surface area contributed by atoms with Gasteiger partial charge in [-0.15, -0.1) is 11.3 Å². The molecule has 0 spiro atoms. The Kier molecular flexibility index (Phi) is 4.03. The Balaban J connectivity index is 1.97. The van der Waals surface area contributed by atoms with E-state index < -0.39 is 12.0 Å². The van der Waals surface area contributed by atoms with E-state index in [9.17, 15) is 9.59 Å². The van der Waals surface area contributed by atoms with Crippen LogP contribution >= 0.6 is 22.9 Å². The summed E-state index contributed by atoms with van der Waals surface area (Å²) in [6.07, 6.45) is 0. The van der Waals surface area contributed by atoms with E-state index in [-0.39, 0.29) is 4.88 Å². The van der Waals surface area contributed by atoms with Gasteiger partial charge >= 0.3 is 12.0 Å². The molecule has 0 bridgehead atoms. The molecule has 0 atom stereocenters. The average molecular weight is 297 g/mol. The Morgan fingerprint density at radius 1 is 1.05 bits per heavy atom. The van der Waals surface area contributed by atoms with E-state index in [0.29, 0.717) is 15.7 Å². The Morgan fingerprint density at radius 2 is 1.74 bits per heavy atom. The monoisotopic (exact) mass is 296 g/mol. The van der Waals surface area contributed by atoms with Crippen LogP contribution in [-0.2, 0) is 0 Å². The van der Waals surface area contributed by atoms with Crippen LogP contribution in [0.25, 0.3) is 0 Å². The van der Waals surface area contributed by atoms with Crippen LogP contribution in [-0.4, -0.2) is 17.1 Å². The van der Waals surface area contributed by atoms with Crippen LogP contribution in [0.4, 0.5) is 15.5 Å². The van der Waals surface area contributed by atoms with Gasteiger partial charge in [-0.2, -0.15) is 0 Å². The number of hydrogen-bond acceptors (Lipinski definition) is 3.